The molecule has 1 aromatic heterocycles. The number of rotatable bonds is 6. The van der Waals surface area contributed by atoms with Crippen LogP contribution in [0, 0.1) is 5.82 Å². The summed E-state index contributed by atoms with van der Waals surface area (Å²) in [6, 6.07) is 4.29. The van der Waals surface area contributed by atoms with Crippen molar-refractivity contribution in [3.05, 3.63) is 46.2 Å². The minimum atomic E-state index is -1.01. The highest BCUT2D eigenvalue weighted by Crippen LogP contribution is 2.35. The van der Waals surface area contributed by atoms with Gasteiger partial charge in [0.15, 0.2) is 5.69 Å². The van der Waals surface area contributed by atoms with Crippen LogP contribution >= 0.6 is 11.5 Å². The molecule has 10 heteroatoms. The van der Waals surface area contributed by atoms with Crippen LogP contribution in [0.3, 0.4) is 0 Å². The first kappa shape index (κ1) is 23.6. The molecule has 5 N–H and O–H groups in total. The molecule has 1 aliphatic carbocycles. The minimum Gasteiger partial charge on any atom is -0.395 e. The van der Waals surface area contributed by atoms with Gasteiger partial charge in [-0.1, -0.05) is 25.0 Å². The van der Waals surface area contributed by atoms with E-state index < -0.39 is 29.2 Å². The molecule has 1 saturated carbocycles. The molecule has 1 heterocycles. The van der Waals surface area contributed by atoms with E-state index in [4.69, 9.17) is 11.5 Å². The van der Waals surface area contributed by atoms with E-state index in [0.29, 0.717) is 18.4 Å². The van der Waals surface area contributed by atoms with Gasteiger partial charge in [0.1, 0.15) is 16.7 Å². The number of carbonyl (C=O) groups excluding carboxylic acids is 3. The fraction of sp³-hybridized carbons (Fsp3) is 0.455. The predicted octanol–water partition coefficient (Wildman–Crippen LogP) is 3.00. The fourth-order valence-electron chi connectivity index (χ4n) is 3.94. The van der Waals surface area contributed by atoms with Gasteiger partial charge in [0.2, 0.25) is 5.91 Å². The van der Waals surface area contributed by atoms with Gasteiger partial charge in [-0.25, -0.2) is 4.39 Å². The number of aromatic nitrogens is 1. The Balaban J connectivity index is 2.12. The normalized spacial score (nSPS) is 15.4. The Hall–Kier alpha value is -3.01. The molecule has 1 fully saturated rings. The maximum atomic E-state index is 13.8. The second kappa shape index (κ2) is 9.23. The maximum Gasteiger partial charge on any atom is 0.270 e. The third kappa shape index (κ3) is 5.07. The molecular formula is C22H28FN5O3S. The van der Waals surface area contributed by atoms with E-state index in [1.54, 1.807) is 0 Å². The summed E-state index contributed by atoms with van der Waals surface area (Å²) in [5, 5.41) is 2.94. The Labute approximate surface area is 190 Å². The Morgan fingerprint density at radius 3 is 2.28 bits per heavy atom. The summed E-state index contributed by atoms with van der Waals surface area (Å²) >= 11 is 0.781. The van der Waals surface area contributed by atoms with Crippen LogP contribution in [-0.2, 0) is 4.79 Å². The molecule has 1 aromatic carbocycles. The van der Waals surface area contributed by atoms with Crippen LogP contribution in [0.25, 0.3) is 0 Å². The minimum absolute atomic E-state index is 0.0568. The zero-order valence-corrected chi connectivity index (χ0v) is 19.2. The van der Waals surface area contributed by atoms with Crippen molar-refractivity contribution >= 4 is 34.9 Å². The first-order chi connectivity index (χ1) is 15.0. The molecule has 1 atom stereocenters. The van der Waals surface area contributed by atoms with Gasteiger partial charge in [-0.15, -0.1) is 0 Å². The molecule has 3 amide bonds. The lowest BCUT2D eigenvalue weighted by atomic mass is 9.99. The van der Waals surface area contributed by atoms with Gasteiger partial charge in [-0.05, 0) is 62.8 Å². The predicted molar refractivity (Wildman–Crippen MR) is 121 cm³/mol. The Morgan fingerprint density at radius 1 is 1.19 bits per heavy atom. The highest BCUT2D eigenvalue weighted by atomic mass is 32.1. The maximum absolute atomic E-state index is 13.8. The summed E-state index contributed by atoms with van der Waals surface area (Å²) in [6.07, 6.45) is 3.26. The summed E-state index contributed by atoms with van der Waals surface area (Å²) in [6.45, 7) is 5.53. The number of nitrogens with zero attached hydrogens (tertiary/aromatic N) is 2. The summed E-state index contributed by atoms with van der Waals surface area (Å²) in [4.78, 5) is 40.4. The number of carbonyl (C=O) groups is 3. The molecule has 2 aromatic rings. The molecule has 0 radical (unpaired) electrons. The molecule has 32 heavy (non-hydrogen) atoms. The lowest BCUT2D eigenvalue weighted by Crippen LogP contribution is -2.51. The van der Waals surface area contributed by atoms with E-state index in [1.165, 1.54) is 29.2 Å². The number of primary amides is 1. The topological polar surface area (TPSA) is 131 Å². The number of anilines is 1. The van der Waals surface area contributed by atoms with Gasteiger partial charge < -0.3 is 21.7 Å². The first-order valence-electron chi connectivity index (χ1n) is 10.4. The van der Waals surface area contributed by atoms with E-state index in [1.807, 2.05) is 20.8 Å². The van der Waals surface area contributed by atoms with Crippen LogP contribution in [0.5, 0.6) is 0 Å². The Morgan fingerprint density at radius 2 is 1.78 bits per heavy atom. The smallest absolute Gasteiger partial charge is 0.270 e. The molecule has 172 valence electrons. The highest BCUT2D eigenvalue weighted by Gasteiger charge is 2.40. The second-order valence-electron chi connectivity index (χ2n) is 8.98. The van der Waals surface area contributed by atoms with Crippen molar-refractivity contribution in [3.8, 4) is 0 Å². The van der Waals surface area contributed by atoms with Crippen LogP contribution in [0.2, 0.25) is 0 Å². The van der Waals surface area contributed by atoms with Crippen molar-refractivity contribution in [1.82, 2.24) is 14.6 Å². The number of nitrogens with one attached hydrogen (secondary N) is 1. The monoisotopic (exact) mass is 461 g/mol. The van der Waals surface area contributed by atoms with Gasteiger partial charge in [0.05, 0.1) is 5.69 Å². The van der Waals surface area contributed by atoms with Crippen molar-refractivity contribution in [2.75, 3.05) is 5.73 Å². The lowest BCUT2D eigenvalue weighted by molar-refractivity contribution is -0.128. The largest absolute Gasteiger partial charge is 0.395 e. The Kier molecular flexibility index (Phi) is 6.82. The van der Waals surface area contributed by atoms with E-state index in [-0.39, 0.29) is 28.2 Å². The average Bonchev–Trinajstić information content (AvgIpc) is 3.34. The van der Waals surface area contributed by atoms with Crippen molar-refractivity contribution in [2.45, 2.75) is 64.1 Å². The van der Waals surface area contributed by atoms with Crippen molar-refractivity contribution in [2.24, 2.45) is 5.73 Å². The van der Waals surface area contributed by atoms with Crippen LogP contribution in [0.15, 0.2) is 24.3 Å². The van der Waals surface area contributed by atoms with Crippen LogP contribution in [-0.4, -0.2) is 38.6 Å². The third-order valence-corrected chi connectivity index (χ3v) is 6.17. The summed E-state index contributed by atoms with van der Waals surface area (Å²) in [5.74, 6) is -2.16. The number of benzene rings is 1. The summed E-state index contributed by atoms with van der Waals surface area (Å²) in [7, 11) is 0. The highest BCUT2D eigenvalue weighted by molar-refractivity contribution is 7.09. The van der Waals surface area contributed by atoms with Crippen molar-refractivity contribution in [1.29, 1.82) is 0 Å². The van der Waals surface area contributed by atoms with Gasteiger partial charge >= 0.3 is 0 Å². The molecule has 0 bridgehead atoms. The fourth-order valence-corrected chi connectivity index (χ4v) is 4.69. The molecule has 1 unspecified atom stereocenters. The average molecular weight is 462 g/mol. The van der Waals surface area contributed by atoms with Crippen LogP contribution < -0.4 is 16.8 Å². The number of nitrogens with two attached hydrogens (primary N) is 2. The second-order valence-corrected chi connectivity index (χ2v) is 9.76. The third-order valence-electron chi connectivity index (χ3n) is 5.32. The zero-order valence-electron chi connectivity index (χ0n) is 18.4. The Bertz CT molecular complexity index is 1010. The molecule has 0 aliphatic heterocycles. The van der Waals surface area contributed by atoms with E-state index in [9.17, 15) is 18.8 Å². The molecule has 1 aliphatic rings. The first-order valence-corrected chi connectivity index (χ1v) is 11.2. The number of hydrogen-bond donors (Lipinski definition) is 3. The SMILES string of the molecule is CC(C)(C)NC(=O)C(c1ccc(F)cc1)N(C(=O)c1snc(C(N)=O)c1N)C1CCCC1. The van der Waals surface area contributed by atoms with Gasteiger partial charge in [-0.3, -0.25) is 14.4 Å². The molecule has 8 nitrogen and oxygen atoms in total. The van der Waals surface area contributed by atoms with Crippen molar-refractivity contribution < 1.29 is 18.8 Å². The van der Waals surface area contributed by atoms with E-state index >= 15 is 0 Å². The van der Waals surface area contributed by atoms with Gasteiger partial charge in [-0.2, -0.15) is 4.37 Å². The quantitative estimate of drug-likeness (QED) is 0.608. The van der Waals surface area contributed by atoms with Crippen molar-refractivity contribution in [3.63, 3.8) is 0 Å². The van der Waals surface area contributed by atoms with Gasteiger partial charge in [0, 0.05) is 11.6 Å². The van der Waals surface area contributed by atoms with E-state index in [2.05, 4.69) is 9.69 Å². The summed E-state index contributed by atoms with van der Waals surface area (Å²) in [5.41, 5.74) is 11.0. The summed E-state index contributed by atoms with van der Waals surface area (Å²) < 4.78 is 17.6. The standard InChI is InChI=1S/C22H28FN5O3S/c1-22(2,3)26-20(30)17(12-8-10-13(23)11-9-12)28(14-6-4-5-7-14)21(31)18-15(24)16(19(25)29)27-32-18/h8-11,14,17H,4-7,24H2,1-3H3,(H2,25,29)(H,26,30). The number of hydrogen-bond acceptors (Lipinski definition) is 6. The number of halogens is 1. The lowest BCUT2D eigenvalue weighted by Gasteiger charge is -2.37. The van der Waals surface area contributed by atoms with Gasteiger partial charge in [0.25, 0.3) is 11.8 Å². The molecular weight excluding hydrogens is 433 g/mol. The zero-order chi connectivity index (χ0) is 23.6. The van der Waals surface area contributed by atoms with E-state index in [0.717, 1.165) is 24.4 Å². The molecule has 3 rings (SSSR count). The molecule has 0 spiro atoms. The number of nitrogen functional groups attached to an aromatic ring is 1. The van der Waals surface area contributed by atoms with Crippen LogP contribution in [0.4, 0.5) is 10.1 Å². The number of amides is 3. The molecule has 0 saturated heterocycles. The van der Waals surface area contributed by atoms with Crippen LogP contribution in [0.1, 0.15) is 78.2 Å².